The van der Waals surface area contributed by atoms with Gasteiger partial charge in [0.15, 0.2) is 0 Å². The van der Waals surface area contributed by atoms with Crippen molar-refractivity contribution in [1.82, 2.24) is 9.55 Å². The summed E-state index contributed by atoms with van der Waals surface area (Å²) in [5.41, 5.74) is 2.00. The second kappa shape index (κ2) is 5.95. The Hall–Kier alpha value is -0.730. The zero-order valence-electron chi connectivity index (χ0n) is 11.8. The topological polar surface area (TPSA) is 17.8 Å². The molecule has 1 aliphatic carbocycles. The molecule has 0 saturated heterocycles. The molecule has 1 aliphatic rings. The van der Waals surface area contributed by atoms with Gasteiger partial charge < -0.3 is 4.57 Å². The van der Waals surface area contributed by atoms with E-state index in [-0.39, 0.29) is 0 Å². The standard InChI is InChI=1S/C16H20Cl2N2/c1-11(12-6-3-2-4-7-12)20-14-9-5-8-13(18)16(14)19-15(20)10-17/h5,8-9,11-12H,2-4,6-7,10H2,1H3. The summed E-state index contributed by atoms with van der Waals surface area (Å²) < 4.78 is 2.31. The molecule has 1 aromatic heterocycles. The normalized spacial score (nSPS) is 18.6. The van der Waals surface area contributed by atoms with E-state index in [1.54, 1.807) is 0 Å². The number of fused-ring (bicyclic) bond motifs is 1. The Bertz CT molecular complexity index is 600. The first-order chi connectivity index (χ1) is 9.72. The van der Waals surface area contributed by atoms with E-state index in [1.807, 2.05) is 12.1 Å². The Labute approximate surface area is 130 Å². The minimum Gasteiger partial charge on any atom is -0.324 e. The molecule has 0 spiro atoms. The third-order valence-electron chi connectivity index (χ3n) is 4.60. The fourth-order valence-corrected chi connectivity index (χ4v) is 3.91. The minimum atomic E-state index is 0.433. The lowest BCUT2D eigenvalue weighted by Crippen LogP contribution is -2.20. The highest BCUT2D eigenvalue weighted by atomic mass is 35.5. The predicted molar refractivity (Wildman–Crippen MR) is 85.6 cm³/mol. The van der Waals surface area contributed by atoms with Crippen LogP contribution in [0.3, 0.4) is 0 Å². The first kappa shape index (κ1) is 14.2. The number of alkyl halides is 1. The number of imidazole rings is 1. The molecular weight excluding hydrogens is 291 g/mol. The Morgan fingerprint density at radius 3 is 2.75 bits per heavy atom. The highest BCUT2D eigenvalue weighted by Crippen LogP contribution is 2.36. The maximum absolute atomic E-state index is 6.27. The Morgan fingerprint density at radius 1 is 1.30 bits per heavy atom. The van der Waals surface area contributed by atoms with Gasteiger partial charge in [-0.05, 0) is 37.8 Å². The average molecular weight is 311 g/mol. The van der Waals surface area contributed by atoms with Crippen molar-refractivity contribution in [3.8, 4) is 0 Å². The number of hydrogen-bond acceptors (Lipinski definition) is 1. The smallest absolute Gasteiger partial charge is 0.125 e. The Morgan fingerprint density at radius 2 is 2.05 bits per heavy atom. The van der Waals surface area contributed by atoms with Crippen molar-refractivity contribution in [2.24, 2.45) is 5.92 Å². The van der Waals surface area contributed by atoms with Crippen LogP contribution in [0.2, 0.25) is 5.02 Å². The van der Waals surface area contributed by atoms with Gasteiger partial charge >= 0.3 is 0 Å². The summed E-state index contributed by atoms with van der Waals surface area (Å²) in [5.74, 6) is 2.09. The summed E-state index contributed by atoms with van der Waals surface area (Å²) in [6.07, 6.45) is 6.69. The zero-order valence-corrected chi connectivity index (χ0v) is 13.3. The van der Waals surface area contributed by atoms with E-state index in [9.17, 15) is 0 Å². The van der Waals surface area contributed by atoms with E-state index in [4.69, 9.17) is 23.2 Å². The number of para-hydroxylation sites is 1. The van der Waals surface area contributed by atoms with Gasteiger partial charge in [-0.3, -0.25) is 0 Å². The molecule has 1 atom stereocenters. The van der Waals surface area contributed by atoms with E-state index in [1.165, 1.54) is 32.1 Å². The van der Waals surface area contributed by atoms with Crippen molar-refractivity contribution in [2.45, 2.75) is 50.9 Å². The van der Waals surface area contributed by atoms with E-state index >= 15 is 0 Å². The fourth-order valence-electron chi connectivity index (χ4n) is 3.51. The molecule has 3 rings (SSSR count). The van der Waals surface area contributed by atoms with Gasteiger partial charge in [0.2, 0.25) is 0 Å². The third kappa shape index (κ3) is 2.44. The van der Waals surface area contributed by atoms with Crippen molar-refractivity contribution >= 4 is 34.2 Å². The number of nitrogens with zero attached hydrogens (tertiary/aromatic N) is 2. The number of rotatable bonds is 3. The van der Waals surface area contributed by atoms with Gasteiger partial charge in [0.25, 0.3) is 0 Å². The molecular formula is C16H20Cl2N2. The van der Waals surface area contributed by atoms with Gasteiger partial charge in [0, 0.05) is 6.04 Å². The van der Waals surface area contributed by atoms with E-state index in [0.717, 1.165) is 22.8 Å². The van der Waals surface area contributed by atoms with Crippen molar-refractivity contribution in [1.29, 1.82) is 0 Å². The molecule has 0 amide bonds. The predicted octanol–water partition coefficient (Wildman–Crippen LogP) is 5.57. The van der Waals surface area contributed by atoms with Gasteiger partial charge in [-0.15, -0.1) is 11.6 Å². The summed E-state index contributed by atoms with van der Waals surface area (Å²) in [6, 6.07) is 6.43. The largest absolute Gasteiger partial charge is 0.324 e. The second-order valence-corrected chi connectivity index (χ2v) is 6.45. The summed E-state index contributed by atoms with van der Waals surface area (Å²) in [7, 11) is 0. The third-order valence-corrected chi connectivity index (χ3v) is 5.15. The van der Waals surface area contributed by atoms with E-state index in [2.05, 4.69) is 22.5 Å². The molecule has 0 aliphatic heterocycles. The molecule has 1 saturated carbocycles. The first-order valence-corrected chi connectivity index (χ1v) is 8.35. The van der Waals surface area contributed by atoms with Crippen LogP contribution in [0.5, 0.6) is 0 Å². The molecule has 1 fully saturated rings. The van der Waals surface area contributed by atoms with Crippen LogP contribution in [-0.2, 0) is 5.88 Å². The monoisotopic (exact) mass is 310 g/mol. The van der Waals surface area contributed by atoms with Crippen LogP contribution >= 0.6 is 23.2 Å². The average Bonchev–Trinajstić information content (AvgIpc) is 2.87. The Kier molecular flexibility index (Phi) is 4.23. The van der Waals surface area contributed by atoms with E-state index < -0.39 is 0 Å². The van der Waals surface area contributed by atoms with Gasteiger partial charge in [-0.1, -0.05) is 36.9 Å². The van der Waals surface area contributed by atoms with Crippen LogP contribution in [0.1, 0.15) is 50.9 Å². The summed E-state index contributed by atoms with van der Waals surface area (Å²) in [5, 5.41) is 0.712. The summed E-state index contributed by atoms with van der Waals surface area (Å²) in [6.45, 7) is 2.30. The highest BCUT2D eigenvalue weighted by molar-refractivity contribution is 6.35. The molecule has 2 aromatic rings. The quantitative estimate of drug-likeness (QED) is 0.678. The molecule has 1 aromatic carbocycles. The van der Waals surface area contributed by atoms with Crippen LogP contribution in [0.4, 0.5) is 0 Å². The maximum atomic E-state index is 6.27. The maximum Gasteiger partial charge on any atom is 0.125 e. The first-order valence-electron chi connectivity index (χ1n) is 7.43. The molecule has 108 valence electrons. The van der Waals surface area contributed by atoms with Crippen molar-refractivity contribution in [3.05, 3.63) is 29.0 Å². The molecule has 0 radical (unpaired) electrons. The molecule has 1 unspecified atom stereocenters. The van der Waals surface area contributed by atoms with Gasteiger partial charge in [-0.25, -0.2) is 4.98 Å². The van der Waals surface area contributed by atoms with Crippen molar-refractivity contribution < 1.29 is 0 Å². The Balaban J connectivity index is 2.06. The lowest BCUT2D eigenvalue weighted by molar-refractivity contribution is 0.265. The van der Waals surface area contributed by atoms with E-state index in [0.29, 0.717) is 16.9 Å². The second-order valence-electron chi connectivity index (χ2n) is 5.78. The molecule has 20 heavy (non-hydrogen) atoms. The van der Waals surface area contributed by atoms with Crippen LogP contribution in [0, 0.1) is 5.92 Å². The lowest BCUT2D eigenvalue weighted by Gasteiger charge is -2.30. The SMILES string of the molecule is CC(C1CCCCC1)n1c(CCl)nc2c(Cl)cccc21. The fraction of sp³-hybridized carbons (Fsp3) is 0.562. The van der Waals surface area contributed by atoms with Crippen molar-refractivity contribution in [3.63, 3.8) is 0 Å². The number of benzene rings is 1. The van der Waals surface area contributed by atoms with Crippen molar-refractivity contribution in [2.75, 3.05) is 0 Å². The molecule has 0 N–H and O–H groups in total. The number of halogens is 2. The minimum absolute atomic E-state index is 0.433. The van der Waals surface area contributed by atoms with Gasteiger partial charge in [0.05, 0.1) is 16.4 Å². The number of aromatic nitrogens is 2. The molecule has 1 heterocycles. The van der Waals surface area contributed by atoms with Crippen LogP contribution in [0.25, 0.3) is 11.0 Å². The molecule has 4 heteroatoms. The zero-order chi connectivity index (χ0) is 14.1. The van der Waals surface area contributed by atoms with Crippen LogP contribution in [0.15, 0.2) is 18.2 Å². The summed E-state index contributed by atoms with van der Waals surface area (Å²) >= 11 is 12.4. The molecule has 0 bridgehead atoms. The number of hydrogen-bond donors (Lipinski definition) is 0. The van der Waals surface area contributed by atoms with Crippen LogP contribution < -0.4 is 0 Å². The van der Waals surface area contributed by atoms with Crippen LogP contribution in [-0.4, -0.2) is 9.55 Å². The van der Waals surface area contributed by atoms with Gasteiger partial charge in [-0.2, -0.15) is 0 Å². The molecule has 2 nitrogen and oxygen atoms in total. The highest BCUT2D eigenvalue weighted by Gasteiger charge is 2.25. The van der Waals surface area contributed by atoms with Gasteiger partial charge in [0.1, 0.15) is 11.3 Å². The summed E-state index contributed by atoms with van der Waals surface area (Å²) in [4.78, 5) is 4.65. The lowest BCUT2D eigenvalue weighted by atomic mass is 9.84.